The second-order valence-corrected chi connectivity index (χ2v) is 14.7. The SMILES string of the molecule is CC(C)OC(=O)C1CCN1c1nnc(-c2cc(Cl)ccc2F)cc1Nc1ccnc(NC(=O)CCN2CC(C)N(C(=O)OC(C)(C)C)C(C)C2)c1. The molecule has 15 heteroatoms. The number of halogens is 2. The Morgan fingerprint density at radius 1 is 1.06 bits per heavy atom. The molecule has 3 atom stereocenters. The second kappa shape index (κ2) is 15.8. The van der Waals surface area contributed by atoms with E-state index in [9.17, 15) is 18.8 Å². The van der Waals surface area contributed by atoms with Crippen LogP contribution in [0.1, 0.15) is 61.3 Å². The number of aromatic nitrogens is 3. The lowest BCUT2D eigenvalue weighted by Crippen LogP contribution is -2.59. The molecular weight excluding hydrogens is 679 g/mol. The van der Waals surface area contributed by atoms with Crippen LogP contribution in [0.3, 0.4) is 0 Å². The van der Waals surface area contributed by atoms with Crippen LogP contribution in [-0.2, 0) is 19.1 Å². The zero-order valence-electron chi connectivity index (χ0n) is 30.1. The summed E-state index contributed by atoms with van der Waals surface area (Å²) in [5, 5.41) is 15.2. The van der Waals surface area contributed by atoms with Gasteiger partial charge in [-0.2, -0.15) is 0 Å². The summed E-state index contributed by atoms with van der Waals surface area (Å²) in [4.78, 5) is 48.7. The summed E-state index contributed by atoms with van der Waals surface area (Å²) in [6.45, 7) is 15.4. The number of hydrogen-bond acceptors (Lipinski definition) is 11. The van der Waals surface area contributed by atoms with E-state index in [0.29, 0.717) is 60.6 Å². The maximum atomic E-state index is 14.8. The van der Waals surface area contributed by atoms with Gasteiger partial charge in [0.1, 0.15) is 23.3 Å². The van der Waals surface area contributed by atoms with Gasteiger partial charge in [-0.15, -0.1) is 10.2 Å². The van der Waals surface area contributed by atoms with Crippen LogP contribution in [0.2, 0.25) is 5.02 Å². The van der Waals surface area contributed by atoms with Gasteiger partial charge in [0.2, 0.25) is 5.91 Å². The first-order valence-electron chi connectivity index (χ1n) is 17.1. The summed E-state index contributed by atoms with van der Waals surface area (Å²) in [5.74, 6) is -0.384. The number of amides is 2. The number of carbonyl (C=O) groups is 3. The van der Waals surface area contributed by atoms with Crippen molar-refractivity contribution in [1.29, 1.82) is 0 Å². The number of pyridine rings is 1. The van der Waals surface area contributed by atoms with Crippen molar-refractivity contribution in [3.63, 3.8) is 0 Å². The number of benzene rings is 1. The highest BCUT2D eigenvalue weighted by molar-refractivity contribution is 6.30. The number of hydrogen-bond donors (Lipinski definition) is 2. The molecule has 13 nitrogen and oxygen atoms in total. The van der Waals surface area contributed by atoms with Crippen molar-refractivity contribution in [2.24, 2.45) is 0 Å². The fraction of sp³-hybridized carbons (Fsp3) is 0.500. The van der Waals surface area contributed by atoms with E-state index in [2.05, 4.69) is 30.7 Å². The fourth-order valence-corrected chi connectivity index (χ4v) is 6.37. The van der Waals surface area contributed by atoms with Gasteiger partial charge in [0.05, 0.1) is 17.5 Å². The number of rotatable bonds is 10. The maximum Gasteiger partial charge on any atom is 0.410 e. The molecule has 0 bridgehead atoms. The molecule has 2 amide bonds. The lowest BCUT2D eigenvalue weighted by atomic mass is 10.0. The Morgan fingerprint density at radius 2 is 1.78 bits per heavy atom. The van der Waals surface area contributed by atoms with Crippen molar-refractivity contribution in [2.75, 3.05) is 41.7 Å². The molecule has 2 saturated heterocycles. The maximum absolute atomic E-state index is 14.8. The lowest BCUT2D eigenvalue weighted by Gasteiger charge is -2.44. The van der Waals surface area contributed by atoms with Crippen molar-refractivity contribution in [3.05, 3.63) is 53.4 Å². The largest absolute Gasteiger partial charge is 0.461 e. The third-order valence-electron chi connectivity index (χ3n) is 8.45. The van der Waals surface area contributed by atoms with Crippen molar-refractivity contribution < 1.29 is 28.2 Å². The number of anilines is 4. The predicted molar refractivity (Wildman–Crippen MR) is 194 cm³/mol. The lowest BCUT2D eigenvalue weighted by molar-refractivity contribution is -0.150. The van der Waals surface area contributed by atoms with E-state index in [1.165, 1.54) is 18.2 Å². The molecule has 3 aromatic rings. The number of ether oxygens (including phenoxy) is 2. The first kappa shape index (κ1) is 37.7. The zero-order valence-corrected chi connectivity index (χ0v) is 30.8. The van der Waals surface area contributed by atoms with E-state index in [1.54, 1.807) is 48.0 Å². The molecule has 2 N–H and O–H groups in total. The Morgan fingerprint density at radius 3 is 2.43 bits per heavy atom. The van der Waals surface area contributed by atoms with Crippen LogP contribution in [-0.4, -0.2) is 99.0 Å². The third kappa shape index (κ3) is 9.61. The topological polar surface area (TPSA) is 142 Å². The quantitative estimate of drug-likeness (QED) is 0.229. The van der Waals surface area contributed by atoms with Crippen molar-refractivity contribution in [2.45, 2.75) is 91.1 Å². The minimum atomic E-state index is -0.579. The molecule has 0 aliphatic carbocycles. The Hall–Kier alpha value is -4.56. The number of carbonyl (C=O) groups excluding carboxylic acids is 3. The molecule has 2 aromatic heterocycles. The van der Waals surface area contributed by atoms with Crippen LogP contribution in [0.4, 0.5) is 32.2 Å². The van der Waals surface area contributed by atoms with Crippen molar-refractivity contribution in [3.8, 4) is 11.3 Å². The smallest absolute Gasteiger partial charge is 0.410 e. The van der Waals surface area contributed by atoms with Gasteiger partial charge in [-0.1, -0.05) is 11.6 Å². The monoisotopic (exact) mass is 724 g/mol. The van der Waals surface area contributed by atoms with E-state index in [1.807, 2.05) is 34.6 Å². The van der Waals surface area contributed by atoms with Gasteiger partial charge in [-0.25, -0.2) is 19.0 Å². The highest BCUT2D eigenvalue weighted by Gasteiger charge is 2.39. The summed E-state index contributed by atoms with van der Waals surface area (Å²) in [7, 11) is 0. The molecule has 2 fully saturated rings. The molecule has 2 aliphatic rings. The molecule has 0 radical (unpaired) electrons. The Bertz CT molecular complexity index is 1740. The van der Waals surface area contributed by atoms with Gasteiger partial charge < -0.3 is 29.9 Å². The van der Waals surface area contributed by atoms with Gasteiger partial charge in [-0.3, -0.25) is 9.69 Å². The molecule has 1 aromatic carbocycles. The van der Waals surface area contributed by atoms with E-state index in [0.717, 1.165) is 0 Å². The summed E-state index contributed by atoms with van der Waals surface area (Å²) >= 11 is 6.17. The number of nitrogens with zero attached hydrogens (tertiary/aromatic N) is 6. The van der Waals surface area contributed by atoms with E-state index in [4.69, 9.17) is 21.1 Å². The van der Waals surface area contributed by atoms with E-state index in [-0.39, 0.29) is 53.8 Å². The number of nitrogens with one attached hydrogen (secondary N) is 2. The Labute approximate surface area is 302 Å². The summed E-state index contributed by atoms with van der Waals surface area (Å²) in [6.07, 6.45) is 1.75. The van der Waals surface area contributed by atoms with Crippen LogP contribution < -0.4 is 15.5 Å². The fourth-order valence-electron chi connectivity index (χ4n) is 6.20. The number of esters is 1. The van der Waals surface area contributed by atoms with Gasteiger partial charge in [0, 0.05) is 73.2 Å². The first-order valence-corrected chi connectivity index (χ1v) is 17.5. The number of piperazine rings is 1. The van der Waals surface area contributed by atoms with Crippen LogP contribution >= 0.6 is 11.6 Å². The van der Waals surface area contributed by atoms with Crippen LogP contribution in [0.25, 0.3) is 11.3 Å². The molecule has 274 valence electrons. The highest BCUT2D eigenvalue weighted by atomic mass is 35.5. The third-order valence-corrected chi connectivity index (χ3v) is 8.69. The van der Waals surface area contributed by atoms with Crippen molar-refractivity contribution in [1.82, 2.24) is 25.0 Å². The minimum absolute atomic E-state index is 0.0769. The molecule has 51 heavy (non-hydrogen) atoms. The molecule has 0 spiro atoms. The zero-order chi connectivity index (χ0) is 37.0. The van der Waals surface area contributed by atoms with Crippen LogP contribution in [0, 0.1) is 5.82 Å². The predicted octanol–water partition coefficient (Wildman–Crippen LogP) is 6.26. The molecular formula is C36H46ClFN8O5. The molecule has 5 rings (SSSR count). The molecule has 4 heterocycles. The average molecular weight is 725 g/mol. The van der Waals surface area contributed by atoms with E-state index < -0.39 is 17.5 Å². The van der Waals surface area contributed by atoms with Gasteiger partial charge >= 0.3 is 12.1 Å². The van der Waals surface area contributed by atoms with E-state index >= 15 is 0 Å². The molecule has 3 unspecified atom stereocenters. The van der Waals surface area contributed by atoms with Gasteiger partial charge in [0.25, 0.3) is 0 Å². The first-order chi connectivity index (χ1) is 24.1. The van der Waals surface area contributed by atoms with Gasteiger partial charge in [0.15, 0.2) is 5.82 Å². The highest BCUT2D eigenvalue weighted by Crippen LogP contribution is 2.36. The average Bonchev–Trinajstić information content (AvgIpc) is 3.00. The Kier molecular flexibility index (Phi) is 11.7. The normalized spacial score (nSPS) is 19.4. The minimum Gasteiger partial charge on any atom is -0.461 e. The van der Waals surface area contributed by atoms with Crippen LogP contribution in [0.5, 0.6) is 0 Å². The van der Waals surface area contributed by atoms with Crippen molar-refractivity contribution >= 4 is 52.6 Å². The summed E-state index contributed by atoms with van der Waals surface area (Å²) in [6, 6.07) is 8.51. The molecule has 0 saturated carbocycles. The van der Waals surface area contributed by atoms with Gasteiger partial charge in [-0.05, 0) is 85.2 Å². The standard InChI is InChI=1S/C36H46ClFN8O5/c1-21(2)50-34(48)30-11-15-45(30)33-29(18-28(42-43-33)26-16-24(37)8-9-27(26)38)40-25-10-13-39-31(17-25)41-32(47)12-14-44-19-22(3)46(23(4)20-44)35(49)51-36(5,6)7/h8-10,13,16-18,21-23,30H,11-12,14-15,19-20H2,1-7H3,(H2,39,40,41,42,47). The summed E-state index contributed by atoms with van der Waals surface area (Å²) in [5.41, 5.74) is 0.848. The Balaban J connectivity index is 1.27. The second-order valence-electron chi connectivity index (χ2n) is 14.3. The molecule has 2 aliphatic heterocycles. The van der Waals surface area contributed by atoms with Crippen LogP contribution in [0.15, 0.2) is 42.6 Å². The summed E-state index contributed by atoms with van der Waals surface area (Å²) < 4.78 is 25.9.